The fourth-order valence-corrected chi connectivity index (χ4v) is 2.24. The molecule has 6 nitrogen and oxygen atoms in total. The number of carbonyl (C=O) groups excluding carboxylic acids is 1. The van der Waals surface area contributed by atoms with Crippen molar-refractivity contribution in [3.05, 3.63) is 18.1 Å². The third kappa shape index (κ3) is 3.66. The molecule has 6 heteroatoms. The van der Waals surface area contributed by atoms with Crippen LogP contribution in [0.5, 0.6) is 0 Å². The fourth-order valence-electron chi connectivity index (χ4n) is 2.24. The Balaban J connectivity index is 1.98. The summed E-state index contributed by atoms with van der Waals surface area (Å²) in [5.74, 6) is 0.651. The molecule has 1 amide bonds. The fraction of sp³-hybridized carbons (Fsp3) is 0.643. The number of hydrogen-bond acceptors (Lipinski definition) is 5. The summed E-state index contributed by atoms with van der Waals surface area (Å²) in [7, 11) is 0. The van der Waals surface area contributed by atoms with Crippen molar-refractivity contribution in [2.45, 2.75) is 20.3 Å². The molecular weight excluding hydrogens is 254 g/mol. The Hall–Kier alpha value is -1.69. The van der Waals surface area contributed by atoms with E-state index >= 15 is 0 Å². The van der Waals surface area contributed by atoms with E-state index in [-0.39, 0.29) is 5.91 Å². The normalized spacial score (nSPS) is 16.2. The summed E-state index contributed by atoms with van der Waals surface area (Å²) >= 11 is 0. The molecule has 1 saturated heterocycles. The number of nitrogens with zero attached hydrogens (tertiary/aromatic N) is 4. The van der Waals surface area contributed by atoms with E-state index < -0.39 is 0 Å². The van der Waals surface area contributed by atoms with Gasteiger partial charge in [-0.05, 0) is 13.0 Å². The van der Waals surface area contributed by atoms with Crippen molar-refractivity contribution in [3.8, 4) is 0 Å². The molecule has 1 N–H and O–H groups in total. The summed E-state index contributed by atoms with van der Waals surface area (Å²) in [6, 6.07) is 0. The molecular formula is C14H23N5O. The van der Waals surface area contributed by atoms with Crippen molar-refractivity contribution in [1.29, 1.82) is 0 Å². The molecule has 0 bridgehead atoms. The van der Waals surface area contributed by atoms with Gasteiger partial charge < -0.3 is 15.1 Å². The summed E-state index contributed by atoms with van der Waals surface area (Å²) in [6.07, 6.45) is 4.21. The zero-order valence-corrected chi connectivity index (χ0v) is 12.3. The molecule has 1 aromatic heterocycles. The van der Waals surface area contributed by atoms with Gasteiger partial charge in [-0.15, -0.1) is 0 Å². The Morgan fingerprint density at radius 1 is 1.25 bits per heavy atom. The van der Waals surface area contributed by atoms with Gasteiger partial charge in [0.15, 0.2) is 0 Å². The van der Waals surface area contributed by atoms with Gasteiger partial charge in [-0.2, -0.15) is 0 Å². The molecule has 2 heterocycles. The third-order valence-electron chi connectivity index (χ3n) is 3.52. The predicted molar refractivity (Wildman–Crippen MR) is 78.8 cm³/mol. The lowest BCUT2D eigenvalue weighted by atomic mass is 10.3. The van der Waals surface area contributed by atoms with Gasteiger partial charge in [-0.25, -0.2) is 4.98 Å². The van der Waals surface area contributed by atoms with E-state index in [0.29, 0.717) is 11.5 Å². The molecule has 0 unspecified atom stereocenters. The van der Waals surface area contributed by atoms with Crippen molar-refractivity contribution in [2.75, 3.05) is 44.6 Å². The van der Waals surface area contributed by atoms with E-state index in [0.717, 1.165) is 45.7 Å². The molecule has 0 radical (unpaired) electrons. The number of piperazine rings is 1. The van der Waals surface area contributed by atoms with E-state index in [1.807, 2.05) is 4.90 Å². The van der Waals surface area contributed by atoms with E-state index in [1.54, 1.807) is 12.4 Å². The summed E-state index contributed by atoms with van der Waals surface area (Å²) in [5, 5.41) is 3.16. The maximum Gasteiger partial charge on any atom is 0.274 e. The number of amides is 1. The maximum atomic E-state index is 12.4. The smallest absolute Gasteiger partial charge is 0.274 e. The van der Waals surface area contributed by atoms with Gasteiger partial charge in [0.2, 0.25) is 0 Å². The number of nitrogens with one attached hydrogen (secondary N) is 1. The topological polar surface area (TPSA) is 61.4 Å². The van der Waals surface area contributed by atoms with Crippen LogP contribution in [0.4, 0.5) is 5.82 Å². The lowest BCUT2D eigenvalue weighted by molar-refractivity contribution is 0.0637. The first-order valence-electron chi connectivity index (χ1n) is 7.32. The highest BCUT2D eigenvalue weighted by Gasteiger charge is 2.22. The van der Waals surface area contributed by atoms with Gasteiger partial charge in [0.1, 0.15) is 11.5 Å². The number of likely N-dealkylation sites (N-methyl/N-ethyl adjacent to an activating group) is 1. The second-order valence-corrected chi connectivity index (χ2v) is 4.94. The van der Waals surface area contributed by atoms with Crippen molar-refractivity contribution in [1.82, 2.24) is 19.8 Å². The van der Waals surface area contributed by atoms with Gasteiger partial charge in [-0.3, -0.25) is 9.78 Å². The maximum absolute atomic E-state index is 12.4. The minimum Gasteiger partial charge on any atom is -0.369 e. The molecule has 1 aromatic rings. The summed E-state index contributed by atoms with van der Waals surface area (Å²) in [6.45, 7) is 9.50. The molecule has 0 aromatic carbocycles. The van der Waals surface area contributed by atoms with Gasteiger partial charge >= 0.3 is 0 Å². The molecule has 1 aliphatic rings. The predicted octanol–water partition coefficient (Wildman–Crippen LogP) is 1.08. The monoisotopic (exact) mass is 277 g/mol. The minimum atomic E-state index is -0.0200. The largest absolute Gasteiger partial charge is 0.369 e. The van der Waals surface area contributed by atoms with Crippen molar-refractivity contribution in [2.24, 2.45) is 0 Å². The first kappa shape index (κ1) is 14.7. The molecule has 0 spiro atoms. The highest BCUT2D eigenvalue weighted by molar-refractivity contribution is 5.92. The summed E-state index contributed by atoms with van der Waals surface area (Å²) < 4.78 is 0. The van der Waals surface area contributed by atoms with Gasteiger partial charge in [-0.1, -0.05) is 13.8 Å². The lowest BCUT2D eigenvalue weighted by Gasteiger charge is -2.33. The molecule has 1 aliphatic heterocycles. The molecule has 1 fully saturated rings. The summed E-state index contributed by atoms with van der Waals surface area (Å²) in [5.41, 5.74) is 0.427. The minimum absolute atomic E-state index is 0.0200. The first-order chi connectivity index (χ1) is 9.74. The molecule has 2 rings (SSSR count). The van der Waals surface area contributed by atoms with Crippen LogP contribution in [-0.2, 0) is 0 Å². The Labute approximate surface area is 120 Å². The average Bonchev–Trinajstić information content (AvgIpc) is 2.52. The van der Waals surface area contributed by atoms with Crippen molar-refractivity contribution in [3.63, 3.8) is 0 Å². The zero-order valence-electron chi connectivity index (χ0n) is 12.3. The Kier molecular flexibility index (Phi) is 5.29. The van der Waals surface area contributed by atoms with Gasteiger partial charge in [0, 0.05) is 32.7 Å². The standard InChI is InChI=1S/C14H23N5O/c1-3-5-16-13-11-15-10-12(17-13)14(20)19-8-6-18(4-2)7-9-19/h10-11H,3-9H2,1-2H3,(H,16,17). The van der Waals surface area contributed by atoms with E-state index in [9.17, 15) is 4.79 Å². The van der Waals surface area contributed by atoms with Crippen LogP contribution in [0.25, 0.3) is 0 Å². The number of hydrogen-bond donors (Lipinski definition) is 1. The highest BCUT2D eigenvalue weighted by atomic mass is 16.2. The Morgan fingerprint density at radius 3 is 2.65 bits per heavy atom. The zero-order chi connectivity index (χ0) is 14.4. The molecule has 110 valence electrons. The highest BCUT2D eigenvalue weighted by Crippen LogP contribution is 2.08. The molecule has 0 atom stereocenters. The van der Waals surface area contributed by atoms with Crippen LogP contribution in [0.15, 0.2) is 12.4 Å². The third-order valence-corrected chi connectivity index (χ3v) is 3.52. The Morgan fingerprint density at radius 2 is 2.00 bits per heavy atom. The van der Waals surface area contributed by atoms with Crippen molar-refractivity contribution < 1.29 is 4.79 Å². The lowest BCUT2D eigenvalue weighted by Crippen LogP contribution is -2.48. The van der Waals surface area contributed by atoms with E-state index in [1.165, 1.54) is 0 Å². The van der Waals surface area contributed by atoms with Crippen LogP contribution < -0.4 is 5.32 Å². The van der Waals surface area contributed by atoms with Crippen LogP contribution in [0, 0.1) is 0 Å². The van der Waals surface area contributed by atoms with E-state index in [2.05, 4.69) is 34.0 Å². The second kappa shape index (κ2) is 7.19. The quantitative estimate of drug-likeness (QED) is 0.872. The number of rotatable bonds is 5. The SMILES string of the molecule is CCCNc1cncc(C(=O)N2CCN(CC)CC2)n1. The van der Waals surface area contributed by atoms with Crippen molar-refractivity contribution >= 4 is 11.7 Å². The molecule has 20 heavy (non-hydrogen) atoms. The van der Waals surface area contributed by atoms with Crippen LogP contribution in [0.1, 0.15) is 30.8 Å². The van der Waals surface area contributed by atoms with Crippen LogP contribution in [0.3, 0.4) is 0 Å². The molecule has 0 aliphatic carbocycles. The number of aromatic nitrogens is 2. The second-order valence-electron chi connectivity index (χ2n) is 4.94. The van der Waals surface area contributed by atoms with Gasteiger partial charge in [0.05, 0.1) is 12.4 Å². The first-order valence-corrected chi connectivity index (χ1v) is 7.32. The average molecular weight is 277 g/mol. The van der Waals surface area contributed by atoms with E-state index in [4.69, 9.17) is 0 Å². The number of carbonyl (C=O) groups is 1. The molecule has 0 saturated carbocycles. The number of anilines is 1. The summed E-state index contributed by atoms with van der Waals surface area (Å²) in [4.78, 5) is 25.0. The van der Waals surface area contributed by atoms with Crippen LogP contribution in [-0.4, -0.2) is 64.9 Å². The van der Waals surface area contributed by atoms with Crippen LogP contribution in [0.2, 0.25) is 0 Å². The van der Waals surface area contributed by atoms with Crippen LogP contribution >= 0.6 is 0 Å². The Bertz CT molecular complexity index is 443. The van der Waals surface area contributed by atoms with Gasteiger partial charge in [0.25, 0.3) is 5.91 Å².